The molecule has 60 valence electrons. The van der Waals surface area contributed by atoms with Crippen LogP contribution >= 0.6 is 0 Å². The Balaban J connectivity index is 4.69. The summed E-state index contributed by atoms with van der Waals surface area (Å²) >= 11 is 0. The highest BCUT2D eigenvalue weighted by atomic mass is 16.5. The van der Waals surface area contributed by atoms with E-state index in [1.54, 1.807) is 6.07 Å². The molecule has 0 spiro atoms. The number of carbonyl (C=O) groups is 1. The summed E-state index contributed by atoms with van der Waals surface area (Å²) in [6.07, 6.45) is 0. The molecule has 0 saturated heterocycles. The van der Waals surface area contributed by atoms with E-state index in [0.29, 0.717) is 0 Å². The molecule has 0 heterocycles. The van der Waals surface area contributed by atoms with Crippen molar-refractivity contribution >= 4 is 5.97 Å². The van der Waals surface area contributed by atoms with Crippen molar-refractivity contribution in [2.45, 2.75) is 6.92 Å². The Morgan fingerprint density at radius 1 is 1.36 bits per heavy atom. The van der Waals surface area contributed by atoms with E-state index in [1.165, 1.54) is 21.1 Å². The topological polar surface area (TPSA) is 59.3 Å². The fourth-order valence-corrected chi connectivity index (χ4v) is 0.472. The number of ether oxygens (including phenoxy) is 2. The Labute approximate surface area is 65.0 Å². The minimum atomic E-state index is -0.674. The van der Waals surface area contributed by atoms with Gasteiger partial charge in [-0.2, -0.15) is 5.26 Å². The lowest BCUT2D eigenvalue weighted by atomic mass is 10.2. The number of hydrogen-bond acceptors (Lipinski definition) is 4. The van der Waals surface area contributed by atoms with E-state index in [2.05, 4.69) is 9.47 Å². The summed E-state index contributed by atoms with van der Waals surface area (Å²) in [7, 11) is 2.60. The summed E-state index contributed by atoms with van der Waals surface area (Å²) in [6.45, 7) is 1.52. The minimum absolute atomic E-state index is 0.102. The predicted molar refractivity (Wildman–Crippen MR) is 37.3 cm³/mol. The first kappa shape index (κ1) is 9.50. The average Bonchev–Trinajstić information content (AvgIpc) is 2.05. The third kappa shape index (κ3) is 2.30. The lowest BCUT2D eigenvalue weighted by molar-refractivity contribution is -0.135. The molecule has 0 aromatic carbocycles. The van der Waals surface area contributed by atoms with Crippen LogP contribution in [0.4, 0.5) is 0 Å². The van der Waals surface area contributed by atoms with Gasteiger partial charge in [-0.05, 0) is 6.92 Å². The zero-order valence-electron chi connectivity index (χ0n) is 6.67. The average molecular weight is 155 g/mol. The van der Waals surface area contributed by atoms with Gasteiger partial charge in [-0.25, -0.2) is 4.79 Å². The summed E-state index contributed by atoms with van der Waals surface area (Å²) in [5, 5.41) is 8.44. The fourth-order valence-electron chi connectivity index (χ4n) is 0.472. The van der Waals surface area contributed by atoms with Gasteiger partial charge in [0.25, 0.3) is 0 Å². The van der Waals surface area contributed by atoms with Crippen LogP contribution in [0.15, 0.2) is 11.3 Å². The Morgan fingerprint density at radius 2 is 1.91 bits per heavy atom. The molecular formula is C7H9NO3. The summed E-state index contributed by atoms with van der Waals surface area (Å²) in [6, 6.07) is 1.68. The molecule has 11 heavy (non-hydrogen) atoms. The first-order chi connectivity index (χ1) is 5.17. The van der Waals surface area contributed by atoms with Crippen LogP contribution < -0.4 is 0 Å². The molecule has 0 rings (SSSR count). The van der Waals surface area contributed by atoms with Crippen LogP contribution in [0.3, 0.4) is 0 Å². The van der Waals surface area contributed by atoms with Crippen molar-refractivity contribution in [1.82, 2.24) is 0 Å². The van der Waals surface area contributed by atoms with Crippen molar-refractivity contribution in [3.8, 4) is 6.07 Å². The van der Waals surface area contributed by atoms with Gasteiger partial charge >= 0.3 is 5.97 Å². The molecule has 0 aliphatic rings. The third-order valence-electron chi connectivity index (χ3n) is 1.16. The largest absolute Gasteiger partial charge is 0.500 e. The SMILES string of the molecule is COC(=O)C(C#N)=C(C)OC. The zero-order chi connectivity index (χ0) is 8.85. The van der Waals surface area contributed by atoms with Crippen LogP contribution in [0.1, 0.15) is 6.92 Å². The van der Waals surface area contributed by atoms with Gasteiger partial charge < -0.3 is 9.47 Å². The fraction of sp³-hybridized carbons (Fsp3) is 0.429. The van der Waals surface area contributed by atoms with Crippen molar-refractivity contribution in [2.24, 2.45) is 0 Å². The second-order valence-electron chi connectivity index (χ2n) is 1.74. The van der Waals surface area contributed by atoms with Crippen LogP contribution in [0, 0.1) is 11.3 Å². The van der Waals surface area contributed by atoms with Gasteiger partial charge in [0.1, 0.15) is 11.8 Å². The minimum Gasteiger partial charge on any atom is -0.500 e. The highest BCUT2D eigenvalue weighted by molar-refractivity contribution is 5.93. The van der Waals surface area contributed by atoms with Gasteiger partial charge in [-0.3, -0.25) is 0 Å². The van der Waals surface area contributed by atoms with E-state index in [9.17, 15) is 4.79 Å². The number of nitrogens with zero attached hydrogens (tertiary/aromatic N) is 1. The van der Waals surface area contributed by atoms with E-state index in [0.717, 1.165) is 0 Å². The molecule has 0 aliphatic carbocycles. The molecule has 0 radical (unpaired) electrons. The van der Waals surface area contributed by atoms with Gasteiger partial charge in [0.05, 0.1) is 14.2 Å². The lowest BCUT2D eigenvalue weighted by Gasteiger charge is -2.00. The van der Waals surface area contributed by atoms with Crippen LogP contribution in [-0.2, 0) is 14.3 Å². The molecule has 0 fully saturated rings. The summed E-state index contributed by atoms with van der Waals surface area (Å²) in [4.78, 5) is 10.8. The molecule has 4 heteroatoms. The summed E-state index contributed by atoms with van der Waals surface area (Å²) in [5.74, 6) is -0.411. The summed E-state index contributed by atoms with van der Waals surface area (Å²) in [5.41, 5.74) is -0.102. The molecule has 0 aromatic rings. The predicted octanol–water partition coefficient (Wildman–Crippen LogP) is 0.603. The van der Waals surface area contributed by atoms with Crippen LogP contribution in [0.25, 0.3) is 0 Å². The number of methoxy groups -OCH3 is 2. The zero-order valence-corrected chi connectivity index (χ0v) is 6.67. The van der Waals surface area contributed by atoms with Crippen molar-refractivity contribution in [1.29, 1.82) is 5.26 Å². The maximum absolute atomic E-state index is 10.8. The number of hydrogen-bond donors (Lipinski definition) is 0. The van der Waals surface area contributed by atoms with E-state index in [1.807, 2.05) is 0 Å². The van der Waals surface area contributed by atoms with Gasteiger partial charge in [-0.1, -0.05) is 0 Å². The number of nitriles is 1. The van der Waals surface area contributed by atoms with Crippen molar-refractivity contribution < 1.29 is 14.3 Å². The molecule has 0 atom stereocenters. The van der Waals surface area contributed by atoms with E-state index in [4.69, 9.17) is 5.26 Å². The van der Waals surface area contributed by atoms with Crippen molar-refractivity contribution in [3.05, 3.63) is 11.3 Å². The van der Waals surface area contributed by atoms with E-state index >= 15 is 0 Å². The smallest absolute Gasteiger partial charge is 0.352 e. The maximum Gasteiger partial charge on any atom is 0.352 e. The normalized spacial score (nSPS) is 11.1. The first-order valence-electron chi connectivity index (χ1n) is 2.90. The Bertz CT molecular complexity index is 224. The van der Waals surface area contributed by atoms with Crippen molar-refractivity contribution in [2.75, 3.05) is 14.2 Å². The molecule has 0 amide bonds. The molecule has 0 bridgehead atoms. The number of allylic oxidation sites excluding steroid dienone is 1. The van der Waals surface area contributed by atoms with Crippen LogP contribution in [0.5, 0.6) is 0 Å². The number of rotatable bonds is 2. The van der Waals surface area contributed by atoms with Crippen molar-refractivity contribution in [3.63, 3.8) is 0 Å². The Kier molecular flexibility index (Phi) is 3.75. The Hall–Kier alpha value is -1.50. The highest BCUT2D eigenvalue weighted by Crippen LogP contribution is 2.04. The second kappa shape index (κ2) is 4.34. The Morgan fingerprint density at radius 3 is 2.18 bits per heavy atom. The first-order valence-corrected chi connectivity index (χ1v) is 2.90. The molecule has 4 nitrogen and oxygen atoms in total. The van der Waals surface area contributed by atoms with E-state index < -0.39 is 5.97 Å². The number of carbonyl (C=O) groups excluding carboxylic acids is 1. The number of esters is 1. The van der Waals surface area contributed by atoms with Gasteiger partial charge in [0.2, 0.25) is 0 Å². The molecule has 0 N–H and O–H groups in total. The molecule has 0 unspecified atom stereocenters. The molecule has 0 saturated carbocycles. The second-order valence-corrected chi connectivity index (χ2v) is 1.74. The van der Waals surface area contributed by atoms with Gasteiger partial charge in [0.15, 0.2) is 5.57 Å². The third-order valence-corrected chi connectivity index (χ3v) is 1.16. The molecule has 0 aliphatic heterocycles. The summed E-state index contributed by atoms with van der Waals surface area (Å²) < 4.78 is 9.01. The van der Waals surface area contributed by atoms with Crippen LogP contribution in [0.2, 0.25) is 0 Å². The lowest BCUT2D eigenvalue weighted by Crippen LogP contribution is -2.05. The standard InChI is InChI=1S/C7H9NO3/c1-5(10-2)6(4-8)7(9)11-3/h1-3H3. The maximum atomic E-state index is 10.8. The van der Waals surface area contributed by atoms with E-state index in [-0.39, 0.29) is 11.3 Å². The molecular weight excluding hydrogens is 146 g/mol. The van der Waals surface area contributed by atoms with Gasteiger partial charge in [-0.15, -0.1) is 0 Å². The monoisotopic (exact) mass is 155 g/mol. The highest BCUT2D eigenvalue weighted by Gasteiger charge is 2.12. The quantitative estimate of drug-likeness (QED) is 0.253. The van der Waals surface area contributed by atoms with Crippen LogP contribution in [-0.4, -0.2) is 20.2 Å². The van der Waals surface area contributed by atoms with Gasteiger partial charge in [0, 0.05) is 0 Å². The molecule has 0 aromatic heterocycles.